The highest BCUT2D eigenvalue weighted by molar-refractivity contribution is 5.87. The van der Waals surface area contributed by atoms with Crippen LogP contribution in [0.4, 0.5) is 0 Å². The predicted octanol–water partition coefficient (Wildman–Crippen LogP) is -0.947. The smallest absolute Gasteiger partial charge is 0.312 e. The average molecular weight is 337 g/mol. The van der Waals surface area contributed by atoms with Gasteiger partial charge < -0.3 is 34.9 Å². The molecule has 8 nitrogen and oxygen atoms in total. The Hall–Kier alpha value is -1.97. The van der Waals surface area contributed by atoms with E-state index in [-0.39, 0.29) is 6.42 Å². The topological polar surface area (TPSA) is 132 Å². The summed E-state index contributed by atoms with van der Waals surface area (Å²) < 4.78 is 10.2. The van der Waals surface area contributed by atoms with E-state index in [2.05, 4.69) is 4.98 Å². The van der Waals surface area contributed by atoms with Crippen LogP contribution in [0.25, 0.3) is 10.9 Å². The number of H-pyrrole nitrogens is 1. The summed E-state index contributed by atoms with van der Waals surface area (Å²) in [5.41, 5.74) is 1.60. The van der Waals surface area contributed by atoms with Gasteiger partial charge in [-0.15, -0.1) is 0 Å². The minimum atomic E-state index is -1.60. The quantitative estimate of drug-likeness (QED) is 0.455. The van der Waals surface area contributed by atoms with Crippen molar-refractivity contribution in [2.75, 3.05) is 6.61 Å². The number of para-hydroxylation sites is 1. The van der Waals surface area contributed by atoms with Crippen molar-refractivity contribution < 1.29 is 34.7 Å². The third-order valence-corrected chi connectivity index (χ3v) is 4.11. The lowest BCUT2D eigenvalue weighted by Gasteiger charge is -2.39. The van der Waals surface area contributed by atoms with E-state index in [1.165, 1.54) is 0 Å². The minimum absolute atomic E-state index is 0.0565. The second-order valence-corrected chi connectivity index (χ2v) is 5.72. The van der Waals surface area contributed by atoms with Gasteiger partial charge in [0.1, 0.15) is 24.4 Å². The van der Waals surface area contributed by atoms with Gasteiger partial charge in [-0.25, -0.2) is 0 Å². The monoisotopic (exact) mass is 337 g/mol. The van der Waals surface area contributed by atoms with Crippen molar-refractivity contribution in [1.29, 1.82) is 0 Å². The highest BCUT2D eigenvalue weighted by Crippen LogP contribution is 2.23. The van der Waals surface area contributed by atoms with Crippen molar-refractivity contribution in [3.63, 3.8) is 0 Å². The summed E-state index contributed by atoms with van der Waals surface area (Å²) in [7, 11) is 0. The molecule has 1 aromatic carbocycles. The van der Waals surface area contributed by atoms with Gasteiger partial charge in [0, 0.05) is 17.1 Å². The SMILES string of the molecule is O=C(Cc1c[nH]c2ccccc12)O[C@H]1OC(CO)[C@H](O)C(O)[C@H]1O. The van der Waals surface area contributed by atoms with Crippen LogP contribution in [0.5, 0.6) is 0 Å². The number of ether oxygens (including phenoxy) is 2. The predicted molar refractivity (Wildman–Crippen MR) is 81.9 cm³/mol. The molecule has 1 aliphatic rings. The largest absolute Gasteiger partial charge is 0.432 e. The van der Waals surface area contributed by atoms with E-state index in [0.717, 1.165) is 16.5 Å². The number of carbonyl (C=O) groups excluding carboxylic acids is 1. The lowest BCUT2D eigenvalue weighted by Crippen LogP contribution is -2.59. The first-order chi connectivity index (χ1) is 11.5. The summed E-state index contributed by atoms with van der Waals surface area (Å²) in [4.78, 5) is 15.2. The Bertz CT molecular complexity index is 713. The lowest BCUT2D eigenvalue weighted by atomic mass is 9.99. The van der Waals surface area contributed by atoms with E-state index in [1.807, 2.05) is 24.3 Å². The van der Waals surface area contributed by atoms with Crippen LogP contribution in [0.1, 0.15) is 5.56 Å². The summed E-state index contributed by atoms with van der Waals surface area (Å²) >= 11 is 0. The summed E-state index contributed by atoms with van der Waals surface area (Å²) in [5, 5.41) is 39.3. The molecule has 5 atom stereocenters. The molecule has 3 rings (SSSR count). The van der Waals surface area contributed by atoms with Gasteiger partial charge in [0.2, 0.25) is 6.29 Å². The van der Waals surface area contributed by atoms with Crippen molar-refractivity contribution in [2.24, 2.45) is 0 Å². The number of aliphatic hydroxyl groups excluding tert-OH is 4. The number of aromatic nitrogens is 1. The van der Waals surface area contributed by atoms with Gasteiger partial charge in [-0.3, -0.25) is 4.79 Å². The molecule has 2 unspecified atom stereocenters. The Morgan fingerprint density at radius 3 is 2.67 bits per heavy atom. The average Bonchev–Trinajstić information content (AvgIpc) is 2.98. The third-order valence-electron chi connectivity index (χ3n) is 4.11. The molecular weight excluding hydrogens is 318 g/mol. The van der Waals surface area contributed by atoms with E-state index in [9.17, 15) is 20.1 Å². The number of esters is 1. The van der Waals surface area contributed by atoms with Crippen LogP contribution in [0.3, 0.4) is 0 Å². The Kier molecular flexibility index (Phi) is 4.83. The fourth-order valence-electron chi connectivity index (χ4n) is 2.77. The molecule has 0 saturated carbocycles. The molecule has 1 saturated heterocycles. The first-order valence-electron chi connectivity index (χ1n) is 7.56. The second-order valence-electron chi connectivity index (χ2n) is 5.72. The van der Waals surface area contributed by atoms with Crippen LogP contribution in [-0.2, 0) is 20.7 Å². The van der Waals surface area contributed by atoms with Crippen molar-refractivity contribution in [1.82, 2.24) is 4.98 Å². The van der Waals surface area contributed by atoms with Crippen LogP contribution < -0.4 is 0 Å². The number of hydrogen-bond donors (Lipinski definition) is 5. The van der Waals surface area contributed by atoms with Gasteiger partial charge >= 0.3 is 5.97 Å². The third kappa shape index (κ3) is 3.14. The Balaban J connectivity index is 1.68. The molecule has 0 aliphatic carbocycles. The molecule has 130 valence electrons. The van der Waals surface area contributed by atoms with E-state index < -0.39 is 43.3 Å². The van der Waals surface area contributed by atoms with E-state index >= 15 is 0 Å². The number of rotatable bonds is 4. The Labute approximate surface area is 137 Å². The maximum Gasteiger partial charge on any atom is 0.312 e. The molecule has 2 aromatic rings. The van der Waals surface area contributed by atoms with Gasteiger partial charge in [0.25, 0.3) is 0 Å². The van der Waals surface area contributed by atoms with Crippen LogP contribution in [-0.4, -0.2) is 68.7 Å². The molecule has 0 bridgehead atoms. The van der Waals surface area contributed by atoms with Crippen molar-refractivity contribution in [2.45, 2.75) is 37.1 Å². The summed E-state index contributed by atoms with van der Waals surface area (Å²) in [6.07, 6.45) is -5.62. The molecule has 1 aliphatic heterocycles. The zero-order chi connectivity index (χ0) is 17.3. The minimum Gasteiger partial charge on any atom is -0.432 e. The number of carbonyl (C=O) groups is 1. The number of nitrogens with one attached hydrogen (secondary N) is 1. The molecule has 1 aromatic heterocycles. The van der Waals surface area contributed by atoms with E-state index in [4.69, 9.17) is 14.6 Å². The molecular formula is C16H19NO7. The van der Waals surface area contributed by atoms with E-state index in [0.29, 0.717) is 0 Å². The van der Waals surface area contributed by atoms with Gasteiger partial charge in [-0.1, -0.05) is 18.2 Å². The van der Waals surface area contributed by atoms with E-state index in [1.54, 1.807) is 6.20 Å². The zero-order valence-electron chi connectivity index (χ0n) is 12.7. The first-order valence-corrected chi connectivity index (χ1v) is 7.56. The van der Waals surface area contributed by atoms with Crippen molar-refractivity contribution in [3.8, 4) is 0 Å². The van der Waals surface area contributed by atoms with Gasteiger partial charge in [-0.05, 0) is 11.6 Å². The van der Waals surface area contributed by atoms with Gasteiger partial charge in [-0.2, -0.15) is 0 Å². The molecule has 24 heavy (non-hydrogen) atoms. The lowest BCUT2D eigenvalue weighted by molar-refractivity contribution is -0.292. The van der Waals surface area contributed by atoms with Crippen LogP contribution in [0, 0.1) is 0 Å². The number of aliphatic hydroxyl groups is 4. The summed E-state index contributed by atoms with van der Waals surface area (Å²) in [6, 6.07) is 7.46. The zero-order valence-corrected chi connectivity index (χ0v) is 12.7. The fourth-order valence-corrected chi connectivity index (χ4v) is 2.77. The molecule has 5 N–H and O–H groups in total. The van der Waals surface area contributed by atoms with Gasteiger partial charge in [0.05, 0.1) is 13.0 Å². The standard InChI is InChI=1S/C16H19NO7/c18-7-11-13(20)14(21)15(22)16(23-11)24-12(19)5-8-6-17-10-4-2-1-3-9(8)10/h1-4,6,11,13-18,20-22H,5,7H2/t11?,13-,14?,15+,16+/m0/s1. The highest BCUT2D eigenvalue weighted by atomic mass is 16.7. The molecule has 0 radical (unpaired) electrons. The molecule has 8 heteroatoms. The van der Waals surface area contributed by atoms with Crippen molar-refractivity contribution in [3.05, 3.63) is 36.0 Å². The first kappa shape index (κ1) is 16.9. The van der Waals surface area contributed by atoms with Crippen LogP contribution in [0.2, 0.25) is 0 Å². The van der Waals surface area contributed by atoms with Crippen LogP contribution >= 0.6 is 0 Å². The Morgan fingerprint density at radius 1 is 1.17 bits per heavy atom. The summed E-state index contributed by atoms with van der Waals surface area (Å²) in [6.45, 7) is -0.582. The molecule has 0 spiro atoms. The Morgan fingerprint density at radius 2 is 1.92 bits per heavy atom. The molecule has 0 amide bonds. The number of fused-ring (bicyclic) bond motifs is 1. The maximum absolute atomic E-state index is 12.1. The number of benzene rings is 1. The fraction of sp³-hybridized carbons (Fsp3) is 0.438. The van der Waals surface area contributed by atoms with Crippen LogP contribution in [0.15, 0.2) is 30.5 Å². The van der Waals surface area contributed by atoms with Crippen molar-refractivity contribution >= 4 is 16.9 Å². The molecule has 1 fully saturated rings. The maximum atomic E-state index is 12.1. The summed E-state index contributed by atoms with van der Waals surface area (Å²) in [5.74, 6) is -0.663. The second kappa shape index (κ2) is 6.88. The highest BCUT2D eigenvalue weighted by Gasteiger charge is 2.45. The number of hydrogen-bond acceptors (Lipinski definition) is 7. The normalized spacial score (nSPS) is 30.4. The number of aromatic amines is 1. The van der Waals surface area contributed by atoms with Gasteiger partial charge in [0.15, 0.2) is 0 Å². The molecule has 2 heterocycles.